The Morgan fingerprint density at radius 3 is 0.961 bits per heavy atom. The maximum atomic E-state index is 14.5. The van der Waals surface area contributed by atoms with Gasteiger partial charge >= 0.3 is 0 Å². The molecule has 4 aromatic rings. The molecule has 0 radical (unpaired) electrons. The van der Waals surface area contributed by atoms with Gasteiger partial charge in [-0.1, -0.05) is 116 Å². The molecule has 0 saturated carbocycles. The van der Waals surface area contributed by atoms with Gasteiger partial charge in [0.25, 0.3) is 0 Å². The van der Waals surface area contributed by atoms with Crippen molar-refractivity contribution in [2.75, 3.05) is 28.2 Å². The van der Waals surface area contributed by atoms with Gasteiger partial charge in [0.15, 0.2) is 0 Å². The Bertz CT molecular complexity index is 2530. The summed E-state index contributed by atoms with van der Waals surface area (Å²) in [6.07, 6.45) is 23.2. The van der Waals surface area contributed by atoms with Gasteiger partial charge in [-0.2, -0.15) is 8.78 Å². The van der Waals surface area contributed by atoms with Gasteiger partial charge in [0.2, 0.25) is 11.9 Å². The zero-order valence-electron chi connectivity index (χ0n) is 47.7. The lowest BCUT2D eigenvalue weighted by Crippen LogP contribution is -2.17. The first-order chi connectivity index (χ1) is 36.2. The van der Waals surface area contributed by atoms with Crippen molar-refractivity contribution >= 4 is 0 Å². The summed E-state index contributed by atoms with van der Waals surface area (Å²) in [6.45, 7) is 21.5. The molecule has 0 aliphatic carbocycles. The third-order valence-corrected chi connectivity index (χ3v) is 12.4. The zero-order chi connectivity index (χ0) is 55.3. The van der Waals surface area contributed by atoms with E-state index in [-0.39, 0.29) is 0 Å². The fourth-order valence-corrected chi connectivity index (χ4v) is 8.48. The highest BCUT2D eigenvalue weighted by molar-refractivity contribution is 5.32. The van der Waals surface area contributed by atoms with E-state index in [2.05, 4.69) is 109 Å². The molecule has 3 heterocycles. The van der Waals surface area contributed by atoms with Crippen LogP contribution in [0.25, 0.3) is 0 Å². The van der Waals surface area contributed by atoms with E-state index in [1.165, 1.54) is 12.4 Å². The molecular formula is C64H84F2N6O4. The van der Waals surface area contributed by atoms with Crippen LogP contribution in [0, 0.1) is 35.6 Å². The number of aromatic nitrogens is 2. The van der Waals surface area contributed by atoms with E-state index in [0.29, 0.717) is 72.0 Å². The predicted molar refractivity (Wildman–Crippen MR) is 304 cm³/mol. The summed E-state index contributed by atoms with van der Waals surface area (Å²) in [5.41, 5.74) is 9.06. The molecule has 12 heteroatoms. The summed E-state index contributed by atoms with van der Waals surface area (Å²) >= 11 is 0. The van der Waals surface area contributed by atoms with Crippen molar-refractivity contribution in [3.05, 3.63) is 226 Å². The van der Waals surface area contributed by atoms with Crippen LogP contribution in [0.3, 0.4) is 0 Å². The van der Waals surface area contributed by atoms with Crippen LogP contribution in [-0.4, -0.2) is 57.8 Å². The highest BCUT2D eigenvalue weighted by Crippen LogP contribution is 2.26. The molecule has 2 aromatic carbocycles. The molecule has 0 N–H and O–H groups in total. The second kappa shape index (κ2) is 29.9. The average molecular weight is 1040 g/mol. The van der Waals surface area contributed by atoms with Crippen LogP contribution in [0.2, 0.25) is 0 Å². The summed E-state index contributed by atoms with van der Waals surface area (Å²) in [6, 6.07) is 23.5. The SMILES string of the molecule is CC1=CN(C)C(CC(C)C)=COC(Cc2ccc(Cc3cccnc3F)cc2)=CN(C)C(CC(C)C)=COC(C)=CN(C)C(CC(C)C)=COC(Cc2ccc(Cc3cccnc3F)cc2)=CN(C)C(CC(C)C)=CO1. The lowest BCUT2D eigenvalue weighted by atomic mass is 10.0. The molecule has 0 amide bonds. The molecule has 0 unspecified atom stereocenters. The third-order valence-electron chi connectivity index (χ3n) is 12.4. The molecule has 0 atom stereocenters. The van der Waals surface area contributed by atoms with Crippen molar-refractivity contribution in [1.29, 1.82) is 0 Å². The summed E-state index contributed by atoms with van der Waals surface area (Å²) < 4.78 is 55.4. The van der Waals surface area contributed by atoms with E-state index in [9.17, 15) is 8.78 Å². The molecule has 1 aliphatic rings. The first kappa shape index (κ1) is 59.8. The summed E-state index contributed by atoms with van der Waals surface area (Å²) in [4.78, 5) is 16.0. The van der Waals surface area contributed by atoms with Crippen molar-refractivity contribution < 1.29 is 27.7 Å². The highest BCUT2D eigenvalue weighted by atomic mass is 19.1. The normalized spacial score (nSPS) is 15.1. The van der Waals surface area contributed by atoms with Gasteiger partial charge in [-0.3, -0.25) is 0 Å². The van der Waals surface area contributed by atoms with Crippen molar-refractivity contribution in [1.82, 2.24) is 29.6 Å². The standard InChI is InChI=1S/C64H84F2N6O4/c1-45(2)29-57-41-73-49(9)37-69(11)60(32-48(7)8)44-76-62(36-54-25-21-52(22-26-54)34-56-18-16-28-68-64(56)66)40-72(14)58(30-46(3)4)42-74-50(10)38-70(12)59(31-47(5)6)43-75-61(39-71(57)13)35-53-23-19-51(20-24-53)33-55-17-15-27-67-63(55)65/h15-28,37-48H,29-36H2,1-14H3. The Morgan fingerprint density at radius 1 is 0.395 bits per heavy atom. The Hall–Kier alpha value is -7.08. The van der Waals surface area contributed by atoms with Crippen LogP contribution < -0.4 is 0 Å². The quantitative estimate of drug-likeness (QED) is 0.101. The van der Waals surface area contributed by atoms with Crippen LogP contribution in [0.1, 0.15) is 128 Å². The van der Waals surface area contributed by atoms with Gasteiger partial charge in [0.1, 0.15) is 48.1 Å². The van der Waals surface area contributed by atoms with Gasteiger partial charge in [0, 0.05) is 102 Å². The molecule has 1 aliphatic heterocycles. The topological polar surface area (TPSA) is 75.7 Å². The van der Waals surface area contributed by atoms with E-state index in [1.807, 2.05) is 116 Å². The molecule has 408 valence electrons. The van der Waals surface area contributed by atoms with Crippen LogP contribution in [0.5, 0.6) is 0 Å². The summed E-state index contributed by atoms with van der Waals surface area (Å²) in [5, 5.41) is 0. The molecule has 10 nitrogen and oxygen atoms in total. The first-order valence-corrected chi connectivity index (χ1v) is 26.7. The number of pyridine rings is 2. The largest absolute Gasteiger partial charge is 0.466 e. The van der Waals surface area contributed by atoms with E-state index < -0.39 is 11.9 Å². The van der Waals surface area contributed by atoms with E-state index >= 15 is 0 Å². The van der Waals surface area contributed by atoms with Crippen LogP contribution in [-0.2, 0) is 44.6 Å². The Labute approximate surface area is 454 Å². The van der Waals surface area contributed by atoms with Gasteiger partial charge < -0.3 is 38.5 Å². The van der Waals surface area contributed by atoms with Gasteiger partial charge in [-0.25, -0.2) is 9.97 Å². The number of allylic oxidation sites excluding steroid dienone is 8. The molecule has 76 heavy (non-hydrogen) atoms. The Morgan fingerprint density at radius 2 is 0.671 bits per heavy atom. The van der Waals surface area contributed by atoms with Gasteiger partial charge in [-0.15, -0.1) is 0 Å². The maximum Gasteiger partial charge on any atom is 0.216 e. The van der Waals surface area contributed by atoms with Crippen LogP contribution in [0.4, 0.5) is 8.78 Å². The fourth-order valence-electron chi connectivity index (χ4n) is 8.48. The van der Waals surface area contributed by atoms with E-state index in [0.717, 1.165) is 82.2 Å². The van der Waals surface area contributed by atoms with E-state index in [1.54, 1.807) is 24.3 Å². The Balaban J connectivity index is 1.57. The Kier molecular flexibility index (Phi) is 23.5. The molecule has 5 rings (SSSR count). The monoisotopic (exact) mass is 1040 g/mol. The summed E-state index contributed by atoms with van der Waals surface area (Å²) in [7, 11) is 8.09. The second-order valence-electron chi connectivity index (χ2n) is 21.7. The zero-order valence-corrected chi connectivity index (χ0v) is 47.7. The van der Waals surface area contributed by atoms with Gasteiger partial charge in [-0.05, 0) is 97.6 Å². The molecule has 2 aromatic heterocycles. The number of hydrogen-bond acceptors (Lipinski definition) is 10. The van der Waals surface area contributed by atoms with E-state index in [4.69, 9.17) is 18.9 Å². The van der Waals surface area contributed by atoms with Crippen molar-refractivity contribution in [2.45, 2.75) is 121 Å². The van der Waals surface area contributed by atoms with Gasteiger partial charge in [0.05, 0.1) is 22.8 Å². The number of hydrogen-bond donors (Lipinski definition) is 0. The number of halogens is 2. The number of rotatable bonds is 16. The second-order valence-corrected chi connectivity index (χ2v) is 21.7. The van der Waals surface area contributed by atoms with Crippen molar-refractivity contribution in [3.63, 3.8) is 0 Å². The minimum atomic E-state index is -0.450. The number of benzene rings is 2. The van der Waals surface area contributed by atoms with Crippen molar-refractivity contribution in [2.24, 2.45) is 23.7 Å². The number of nitrogens with zero attached hydrogens (tertiary/aromatic N) is 6. The summed E-state index contributed by atoms with van der Waals surface area (Å²) in [5.74, 6) is 3.29. The number of ether oxygens (including phenoxy) is 4. The average Bonchev–Trinajstić information content (AvgIpc) is 3.35. The molecular weight excluding hydrogens is 955 g/mol. The minimum absolute atomic E-state index is 0.333. The fraction of sp³-hybridized carbons (Fsp3) is 0.406. The molecule has 0 bridgehead atoms. The maximum absolute atomic E-state index is 14.5. The lowest BCUT2D eigenvalue weighted by Gasteiger charge is -2.25. The van der Waals surface area contributed by atoms with Crippen molar-refractivity contribution in [3.8, 4) is 0 Å². The minimum Gasteiger partial charge on any atom is -0.466 e. The molecule has 0 fully saturated rings. The van der Waals surface area contributed by atoms with Crippen LogP contribution in [0.15, 0.2) is 181 Å². The third kappa shape index (κ3) is 20.6. The highest BCUT2D eigenvalue weighted by Gasteiger charge is 2.16. The lowest BCUT2D eigenvalue weighted by molar-refractivity contribution is 0.287. The molecule has 0 spiro atoms. The smallest absolute Gasteiger partial charge is 0.216 e. The molecule has 0 saturated heterocycles. The first-order valence-electron chi connectivity index (χ1n) is 26.7. The van der Waals surface area contributed by atoms with Crippen LogP contribution >= 0.6 is 0 Å². The predicted octanol–water partition coefficient (Wildman–Crippen LogP) is 15.5.